The van der Waals surface area contributed by atoms with Gasteiger partial charge in [-0.25, -0.2) is 0 Å². The number of hydrogen-bond donors (Lipinski definition) is 1. The predicted octanol–water partition coefficient (Wildman–Crippen LogP) is 4.21. The molecule has 0 aliphatic carbocycles. The van der Waals surface area contributed by atoms with E-state index in [4.69, 9.17) is 14.2 Å². The molecule has 3 rings (SSSR count). The number of carbonyl (C=O) groups excluding carboxylic acids is 1. The summed E-state index contributed by atoms with van der Waals surface area (Å²) in [6, 6.07) is 11.6. The van der Waals surface area contributed by atoms with Crippen molar-refractivity contribution in [2.75, 3.05) is 26.1 Å². The average Bonchev–Trinajstić information content (AvgIpc) is 2.64. The van der Waals surface area contributed by atoms with Crippen LogP contribution in [0.3, 0.4) is 0 Å². The minimum Gasteiger partial charge on any atom is -0.497 e. The smallest absolute Gasteiger partial charge is 0.225 e. The number of anilines is 1. The molecule has 2 aromatic carbocycles. The summed E-state index contributed by atoms with van der Waals surface area (Å²) in [5.74, 6) is 2.40. The van der Waals surface area contributed by atoms with Crippen LogP contribution in [0.4, 0.5) is 5.69 Å². The van der Waals surface area contributed by atoms with Crippen molar-refractivity contribution in [3.8, 4) is 17.2 Å². The van der Waals surface area contributed by atoms with Crippen LogP contribution in [0.1, 0.15) is 37.3 Å². The molecule has 1 aliphatic rings. The number of carbonyl (C=O) groups is 1. The quantitative estimate of drug-likeness (QED) is 0.843. The van der Waals surface area contributed by atoms with Crippen LogP contribution in [0, 0.1) is 5.92 Å². The summed E-state index contributed by atoms with van der Waals surface area (Å²) in [7, 11) is 3.22. The molecule has 0 saturated heterocycles. The van der Waals surface area contributed by atoms with E-state index < -0.39 is 0 Å². The lowest BCUT2D eigenvalue weighted by Crippen LogP contribution is -2.24. The fraction of sp³-hybridized carbons (Fsp3) is 0.381. The Morgan fingerprint density at radius 3 is 2.58 bits per heavy atom. The molecule has 0 bridgehead atoms. The summed E-state index contributed by atoms with van der Waals surface area (Å²) < 4.78 is 17.0. The Kier molecular flexibility index (Phi) is 5.35. The number of fused-ring (bicyclic) bond motifs is 1. The standard InChI is InChI=1S/C21H25NO4/c1-13(2)12-26-18-8-6-5-7-15(18)16-11-20(23)22-17-9-14(24-3)10-19(25-4)21(16)17/h5-10,13,16H,11-12H2,1-4H3,(H,22,23)/t16-/m1/s1. The molecule has 5 heteroatoms. The Labute approximate surface area is 154 Å². The molecule has 1 N–H and O–H groups in total. The van der Waals surface area contributed by atoms with Crippen molar-refractivity contribution in [1.82, 2.24) is 0 Å². The Hall–Kier alpha value is -2.69. The van der Waals surface area contributed by atoms with E-state index in [0.29, 0.717) is 30.4 Å². The number of amides is 1. The highest BCUT2D eigenvalue weighted by molar-refractivity contribution is 5.96. The molecular formula is C21H25NO4. The van der Waals surface area contributed by atoms with Crippen molar-refractivity contribution in [3.05, 3.63) is 47.5 Å². The van der Waals surface area contributed by atoms with E-state index in [2.05, 4.69) is 19.2 Å². The molecule has 0 saturated carbocycles. The molecule has 5 nitrogen and oxygen atoms in total. The summed E-state index contributed by atoms with van der Waals surface area (Å²) in [6.07, 6.45) is 0.345. The lowest BCUT2D eigenvalue weighted by Gasteiger charge is -2.29. The van der Waals surface area contributed by atoms with E-state index in [9.17, 15) is 4.79 Å². The minimum atomic E-state index is -0.136. The van der Waals surface area contributed by atoms with Crippen LogP contribution in [0.15, 0.2) is 36.4 Å². The molecule has 1 heterocycles. The van der Waals surface area contributed by atoms with Gasteiger partial charge in [0.15, 0.2) is 0 Å². The van der Waals surface area contributed by atoms with Gasteiger partial charge in [-0.1, -0.05) is 32.0 Å². The zero-order valence-electron chi connectivity index (χ0n) is 15.7. The van der Waals surface area contributed by atoms with Crippen LogP contribution in [-0.4, -0.2) is 26.7 Å². The van der Waals surface area contributed by atoms with E-state index in [0.717, 1.165) is 22.6 Å². The molecule has 138 valence electrons. The van der Waals surface area contributed by atoms with E-state index in [1.807, 2.05) is 36.4 Å². The van der Waals surface area contributed by atoms with Crippen LogP contribution in [-0.2, 0) is 4.79 Å². The summed E-state index contributed by atoms with van der Waals surface area (Å²) in [5.41, 5.74) is 2.67. The van der Waals surface area contributed by atoms with Gasteiger partial charge in [0.2, 0.25) is 5.91 Å². The molecule has 1 atom stereocenters. The number of rotatable bonds is 6. The van der Waals surface area contributed by atoms with E-state index in [1.54, 1.807) is 14.2 Å². The number of ether oxygens (including phenoxy) is 3. The van der Waals surface area contributed by atoms with Gasteiger partial charge >= 0.3 is 0 Å². The third-order valence-corrected chi connectivity index (χ3v) is 4.45. The van der Waals surface area contributed by atoms with Gasteiger partial charge < -0.3 is 19.5 Å². The van der Waals surface area contributed by atoms with Crippen molar-refractivity contribution in [2.24, 2.45) is 5.92 Å². The summed E-state index contributed by atoms with van der Waals surface area (Å²) in [6.45, 7) is 4.85. The van der Waals surface area contributed by atoms with E-state index >= 15 is 0 Å². The van der Waals surface area contributed by atoms with Crippen molar-refractivity contribution in [3.63, 3.8) is 0 Å². The number of para-hydroxylation sites is 1. The first kappa shape index (κ1) is 18.1. The van der Waals surface area contributed by atoms with Crippen LogP contribution in [0.5, 0.6) is 17.2 Å². The summed E-state index contributed by atoms with van der Waals surface area (Å²) in [4.78, 5) is 12.4. The topological polar surface area (TPSA) is 56.8 Å². The van der Waals surface area contributed by atoms with E-state index in [1.165, 1.54) is 0 Å². The minimum absolute atomic E-state index is 0.0310. The maximum Gasteiger partial charge on any atom is 0.225 e. The summed E-state index contributed by atoms with van der Waals surface area (Å²) >= 11 is 0. The first-order valence-corrected chi connectivity index (χ1v) is 8.81. The van der Waals surface area contributed by atoms with Gasteiger partial charge in [-0.05, 0) is 12.0 Å². The third-order valence-electron chi connectivity index (χ3n) is 4.45. The van der Waals surface area contributed by atoms with Crippen molar-refractivity contribution >= 4 is 11.6 Å². The van der Waals surface area contributed by atoms with Crippen molar-refractivity contribution in [2.45, 2.75) is 26.2 Å². The van der Waals surface area contributed by atoms with Crippen molar-refractivity contribution < 1.29 is 19.0 Å². The van der Waals surface area contributed by atoms with Gasteiger partial charge in [-0.15, -0.1) is 0 Å². The largest absolute Gasteiger partial charge is 0.497 e. The van der Waals surface area contributed by atoms with Gasteiger partial charge in [0.1, 0.15) is 17.2 Å². The van der Waals surface area contributed by atoms with Crippen LogP contribution >= 0.6 is 0 Å². The zero-order chi connectivity index (χ0) is 18.7. The predicted molar refractivity (Wildman–Crippen MR) is 101 cm³/mol. The molecule has 1 amide bonds. The molecule has 0 radical (unpaired) electrons. The highest BCUT2D eigenvalue weighted by Gasteiger charge is 2.32. The third kappa shape index (κ3) is 3.62. The molecule has 26 heavy (non-hydrogen) atoms. The fourth-order valence-corrected chi connectivity index (χ4v) is 3.26. The lowest BCUT2D eigenvalue weighted by atomic mass is 9.83. The number of hydrogen-bond acceptors (Lipinski definition) is 4. The first-order chi connectivity index (χ1) is 12.5. The Bertz CT molecular complexity index is 801. The Morgan fingerprint density at radius 1 is 1.12 bits per heavy atom. The number of nitrogens with one attached hydrogen (secondary N) is 1. The highest BCUT2D eigenvalue weighted by atomic mass is 16.5. The average molecular weight is 355 g/mol. The zero-order valence-corrected chi connectivity index (χ0v) is 15.7. The molecule has 1 aliphatic heterocycles. The maximum absolute atomic E-state index is 12.4. The number of benzene rings is 2. The first-order valence-electron chi connectivity index (χ1n) is 8.81. The van der Waals surface area contributed by atoms with Crippen LogP contribution in [0.25, 0.3) is 0 Å². The van der Waals surface area contributed by atoms with Crippen LogP contribution < -0.4 is 19.5 Å². The molecule has 0 unspecified atom stereocenters. The second-order valence-electron chi connectivity index (χ2n) is 6.84. The Balaban J connectivity index is 2.10. The Morgan fingerprint density at radius 2 is 1.88 bits per heavy atom. The van der Waals surface area contributed by atoms with Gasteiger partial charge in [0.25, 0.3) is 0 Å². The second kappa shape index (κ2) is 7.68. The summed E-state index contributed by atoms with van der Waals surface area (Å²) in [5, 5.41) is 2.94. The molecule has 2 aromatic rings. The number of methoxy groups -OCH3 is 2. The van der Waals surface area contributed by atoms with Gasteiger partial charge in [-0.3, -0.25) is 4.79 Å². The van der Waals surface area contributed by atoms with Gasteiger partial charge in [-0.2, -0.15) is 0 Å². The molecule has 0 fully saturated rings. The lowest BCUT2D eigenvalue weighted by molar-refractivity contribution is -0.116. The molecular weight excluding hydrogens is 330 g/mol. The maximum atomic E-state index is 12.4. The fourth-order valence-electron chi connectivity index (χ4n) is 3.26. The van der Waals surface area contributed by atoms with Crippen molar-refractivity contribution in [1.29, 1.82) is 0 Å². The monoisotopic (exact) mass is 355 g/mol. The van der Waals surface area contributed by atoms with Crippen LogP contribution in [0.2, 0.25) is 0 Å². The molecule has 0 spiro atoms. The highest BCUT2D eigenvalue weighted by Crippen LogP contribution is 2.46. The molecule has 0 aromatic heterocycles. The van der Waals surface area contributed by atoms with Gasteiger partial charge in [0.05, 0.1) is 26.5 Å². The normalized spacial score (nSPS) is 16.0. The van der Waals surface area contributed by atoms with E-state index in [-0.39, 0.29) is 11.8 Å². The van der Waals surface area contributed by atoms with Gasteiger partial charge in [0, 0.05) is 35.6 Å². The SMILES string of the molecule is COc1cc2c(c(OC)c1)[C@@H](c1ccccc1OCC(C)C)CC(=O)N2. The second-order valence-corrected chi connectivity index (χ2v) is 6.84.